The van der Waals surface area contributed by atoms with Crippen molar-refractivity contribution in [3.63, 3.8) is 0 Å². The highest BCUT2D eigenvalue weighted by molar-refractivity contribution is 6.25. The van der Waals surface area contributed by atoms with Crippen molar-refractivity contribution in [3.05, 3.63) is 45.2 Å². The number of methoxy groups -OCH3 is 2. The summed E-state index contributed by atoms with van der Waals surface area (Å²) in [5.41, 5.74) is 8.92. The van der Waals surface area contributed by atoms with Crippen molar-refractivity contribution in [2.45, 2.75) is 70.0 Å². The van der Waals surface area contributed by atoms with Crippen molar-refractivity contribution >= 4 is 17.5 Å². The first-order chi connectivity index (χ1) is 18.4. The van der Waals surface area contributed by atoms with Gasteiger partial charge in [-0.2, -0.15) is 0 Å². The Kier molecular flexibility index (Phi) is 6.82. The molecule has 0 radical (unpaired) electrons. The van der Waals surface area contributed by atoms with Crippen LogP contribution in [0.25, 0.3) is 0 Å². The number of carbonyl (C=O) groups excluding carboxylic acids is 3. The Bertz CT molecular complexity index is 1330. The van der Waals surface area contributed by atoms with Crippen molar-refractivity contribution in [1.82, 2.24) is 15.1 Å². The van der Waals surface area contributed by atoms with E-state index in [0.717, 1.165) is 11.1 Å². The number of phenols is 1. The summed E-state index contributed by atoms with van der Waals surface area (Å²) in [5, 5.41) is 26.0. The van der Waals surface area contributed by atoms with E-state index in [1.807, 2.05) is 29.8 Å². The third-order valence-electron chi connectivity index (χ3n) is 8.78. The standard InChI is InChI=1S/C28H36N4O7/c1-11-7-14-8-17-28(37)32-16(21(31(17)4)19(14)23(34)25(11)38-5)9-15-20(18(32)10-30-27(36)13(3)29)24(35)26(39-6)12(2)22(15)33/h7,13,16-18,21,28,34,37H,8-10,29H2,1-6H3,(H,30,36)/t13-,16+,17?,18+,21?,28+/m1/s1. The molecule has 2 unspecified atom stereocenters. The number of ether oxygens (including phenoxy) is 2. The van der Waals surface area contributed by atoms with Crippen molar-refractivity contribution < 1.29 is 34.1 Å². The second-order valence-electron chi connectivity index (χ2n) is 10.9. The van der Waals surface area contributed by atoms with Gasteiger partial charge in [0.15, 0.2) is 23.0 Å². The summed E-state index contributed by atoms with van der Waals surface area (Å²) < 4.78 is 10.8. The Morgan fingerprint density at radius 2 is 1.87 bits per heavy atom. The van der Waals surface area contributed by atoms with E-state index >= 15 is 0 Å². The SMILES string of the molecule is COC1=C(C)C(=O)C2=C(C1=O)[C@H](CNC(=O)[C@@H](C)N)N1[C@@H](O)C3Cc4cc(C)c(OC)c(O)c4C([C@@H]1C2)N3C. The highest BCUT2D eigenvalue weighted by Gasteiger charge is 2.57. The molecule has 6 atom stereocenters. The quantitative estimate of drug-likeness (QED) is 0.381. The second-order valence-corrected chi connectivity index (χ2v) is 10.9. The van der Waals surface area contributed by atoms with Crippen LogP contribution in [0.5, 0.6) is 11.5 Å². The van der Waals surface area contributed by atoms with E-state index in [4.69, 9.17) is 15.2 Å². The number of rotatable bonds is 5. The van der Waals surface area contributed by atoms with Gasteiger partial charge in [0, 0.05) is 34.9 Å². The molecular weight excluding hydrogens is 504 g/mol. The molecule has 2 bridgehead atoms. The van der Waals surface area contributed by atoms with Crippen LogP contribution in [0.2, 0.25) is 0 Å². The van der Waals surface area contributed by atoms with E-state index in [9.17, 15) is 24.6 Å². The molecule has 39 heavy (non-hydrogen) atoms. The van der Waals surface area contributed by atoms with Gasteiger partial charge in [-0.3, -0.25) is 24.2 Å². The second kappa shape index (κ2) is 9.74. The smallest absolute Gasteiger partial charge is 0.236 e. The van der Waals surface area contributed by atoms with Crippen LogP contribution < -0.4 is 15.8 Å². The molecule has 1 amide bonds. The number of fused-ring (bicyclic) bond motifs is 6. The van der Waals surface area contributed by atoms with Crippen LogP contribution in [0.15, 0.2) is 28.5 Å². The van der Waals surface area contributed by atoms with Crippen molar-refractivity contribution in [2.75, 3.05) is 27.8 Å². The molecule has 1 aromatic rings. The number of nitrogens with two attached hydrogens (primary N) is 1. The van der Waals surface area contributed by atoms with Crippen LogP contribution in [0.3, 0.4) is 0 Å². The molecule has 0 saturated carbocycles. The predicted molar refractivity (Wildman–Crippen MR) is 141 cm³/mol. The van der Waals surface area contributed by atoms with E-state index < -0.39 is 42.1 Å². The van der Waals surface area contributed by atoms with E-state index in [2.05, 4.69) is 5.32 Å². The molecule has 11 nitrogen and oxygen atoms in total. The molecule has 1 aliphatic carbocycles. The Morgan fingerprint density at radius 1 is 1.18 bits per heavy atom. The Balaban J connectivity index is 1.69. The number of hydrogen-bond acceptors (Lipinski definition) is 10. The molecule has 11 heteroatoms. The number of ketones is 2. The molecule has 1 fully saturated rings. The first kappa shape index (κ1) is 27.3. The number of aryl methyl sites for hydroxylation is 1. The molecule has 0 spiro atoms. The zero-order chi connectivity index (χ0) is 28.5. The average molecular weight is 541 g/mol. The minimum Gasteiger partial charge on any atom is -0.504 e. The number of amides is 1. The molecule has 210 valence electrons. The molecule has 4 aliphatic rings. The topological polar surface area (TPSA) is 155 Å². The zero-order valence-corrected chi connectivity index (χ0v) is 23.1. The van der Waals surface area contributed by atoms with Gasteiger partial charge in [-0.15, -0.1) is 0 Å². The van der Waals surface area contributed by atoms with Gasteiger partial charge in [-0.1, -0.05) is 6.07 Å². The Labute approximate surface area is 227 Å². The summed E-state index contributed by atoms with van der Waals surface area (Å²) in [4.78, 5) is 43.7. The Morgan fingerprint density at radius 3 is 2.49 bits per heavy atom. The summed E-state index contributed by atoms with van der Waals surface area (Å²) in [7, 11) is 4.74. The lowest BCUT2D eigenvalue weighted by Crippen LogP contribution is -2.71. The maximum absolute atomic E-state index is 13.7. The minimum atomic E-state index is -1.03. The van der Waals surface area contributed by atoms with Gasteiger partial charge in [0.2, 0.25) is 11.7 Å². The summed E-state index contributed by atoms with van der Waals surface area (Å²) in [5.74, 6) is -0.774. The number of nitrogens with zero attached hydrogens (tertiary/aromatic N) is 2. The summed E-state index contributed by atoms with van der Waals surface area (Å²) in [6, 6.07) is -0.912. The fraction of sp³-hybridized carbons (Fsp3) is 0.536. The maximum Gasteiger partial charge on any atom is 0.236 e. The van der Waals surface area contributed by atoms with Crippen LogP contribution in [0.1, 0.15) is 43.0 Å². The highest BCUT2D eigenvalue weighted by atomic mass is 16.5. The summed E-state index contributed by atoms with van der Waals surface area (Å²) in [6.07, 6.45) is -0.411. The number of phenolic OH excluding ortho intramolecular Hbond substituents is 1. The van der Waals surface area contributed by atoms with Gasteiger partial charge >= 0.3 is 0 Å². The number of nitrogens with one attached hydrogen (secondary N) is 1. The van der Waals surface area contributed by atoms with Crippen molar-refractivity contribution in [2.24, 2.45) is 5.73 Å². The lowest BCUT2D eigenvalue weighted by molar-refractivity contribution is -0.167. The van der Waals surface area contributed by atoms with E-state index in [0.29, 0.717) is 23.3 Å². The van der Waals surface area contributed by atoms with E-state index in [-0.39, 0.29) is 47.4 Å². The molecule has 3 aliphatic heterocycles. The largest absolute Gasteiger partial charge is 0.504 e. The number of Topliss-reactive ketones (excluding diaryl/α,β-unsaturated/α-hetero) is 2. The normalized spacial score (nSPS) is 29.5. The monoisotopic (exact) mass is 540 g/mol. The highest BCUT2D eigenvalue weighted by Crippen LogP contribution is 2.53. The predicted octanol–water partition coefficient (Wildman–Crippen LogP) is 0.214. The third-order valence-corrected chi connectivity index (χ3v) is 8.78. The van der Waals surface area contributed by atoms with Crippen LogP contribution in [0, 0.1) is 6.92 Å². The molecule has 1 aromatic carbocycles. The van der Waals surface area contributed by atoms with Crippen LogP contribution in [-0.2, 0) is 25.5 Å². The lowest BCUT2D eigenvalue weighted by Gasteiger charge is -2.60. The van der Waals surface area contributed by atoms with Gasteiger partial charge < -0.3 is 30.7 Å². The van der Waals surface area contributed by atoms with Crippen LogP contribution >= 0.6 is 0 Å². The first-order valence-electron chi connectivity index (χ1n) is 13.1. The molecular formula is C28H36N4O7. The van der Waals surface area contributed by atoms with Gasteiger partial charge in [-0.05, 0) is 51.8 Å². The third kappa shape index (κ3) is 3.90. The fourth-order valence-corrected chi connectivity index (χ4v) is 6.98. The molecule has 3 heterocycles. The van der Waals surface area contributed by atoms with Gasteiger partial charge in [0.05, 0.1) is 38.4 Å². The number of aromatic hydroxyl groups is 1. The van der Waals surface area contributed by atoms with Gasteiger partial charge in [0.25, 0.3) is 0 Å². The number of aliphatic hydroxyl groups excluding tert-OH is 1. The van der Waals surface area contributed by atoms with Crippen molar-refractivity contribution in [1.29, 1.82) is 0 Å². The number of piperazine rings is 1. The number of allylic oxidation sites excluding steroid dienone is 2. The molecule has 5 rings (SSSR count). The number of hydrogen-bond donors (Lipinski definition) is 4. The van der Waals surface area contributed by atoms with Crippen LogP contribution in [0.4, 0.5) is 0 Å². The average Bonchev–Trinajstić information content (AvgIpc) is 2.88. The molecule has 0 aromatic heterocycles. The van der Waals surface area contributed by atoms with E-state index in [1.54, 1.807) is 13.8 Å². The van der Waals surface area contributed by atoms with Crippen molar-refractivity contribution in [3.8, 4) is 11.5 Å². The fourth-order valence-electron chi connectivity index (χ4n) is 6.98. The Hall–Kier alpha value is -3.25. The molecule has 1 saturated heterocycles. The summed E-state index contributed by atoms with van der Waals surface area (Å²) in [6.45, 7) is 4.94. The van der Waals surface area contributed by atoms with E-state index in [1.165, 1.54) is 14.2 Å². The van der Waals surface area contributed by atoms with Crippen LogP contribution in [-0.4, -0.2) is 95.7 Å². The number of likely N-dealkylation sites (N-methyl/N-ethyl adjacent to an activating group) is 1. The number of carbonyl (C=O) groups is 3. The first-order valence-corrected chi connectivity index (χ1v) is 13.1. The number of aliphatic hydroxyl groups is 1. The minimum absolute atomic E-state index is 0.0320. The van der Waals surface area contributed by atoms with Gasteiger partial charge in [0.1, 0.15) is 6.23 Å². The molecule has 5 N–H and O–H groups in total. The maximum atomic E-state index is 13.7. The number of benzene rings is 1. The zero-order valence-electron chi connectivity index (χ0n) is 23.1. The lowest BCUT2D eigenvalue weighted by atomic mass is 9.71. The summed E-state index contributed by atoms with van der Waals surface area (Å²) >= 11 is 0. The van der Waals surface area contributed by atoms with Gasteiger partial charge in [-0.25, -0.2) is 0 Å².